The molecule has 2 heterocycles. The summed E-state index contributed by atoms with van der Waals surface area (Å²) in [6, 6.07) is 25.5. The summed E-state index contributed by atoms with van der Waals surface area (Å²) in [6.07, 6.45) is 0.942. The SMILES string of the molecule is CCc1ccc([C@H]2C(C(=O)Nc3ccccc3OC)=C(C)Nc3nc(SCc4ccccc4)nn32)cc1. The van der Waals surface area contributed by atoms with Crippen molar-refractivity contribution in [2.75, 3.05) is 17.7 Å². The van der Waals surface area contributed by atoms with E-state index in [4.69, 9.17) is 14.8 Å². The van der Waals surface area contributed by atoms with Gasteiger partial charge < -0.3 is 15.4 Å². The Hall–Kier alpha value is -4.04. The van der Waals surface area contributed by atoms with Gasteiger partial charge in [0.05, 0.1) is 18.4 Å². The number of thioether (sulfide) groups is 1. The Labute approximate surface area is 221 Å². The van der Waals surface area contributed by atoms with Gasteiger partial charge in [0.25, 0.3) is 5.91 Å². The molecule has 0 unspecified atom stereocenters. The number of ether oxygens (including phenoxy) is 1. The van der Waals surface area contributed by atoms with Gasteiger partial charge >= 0.3 is 0 Å². The maximum Gasteiger partial charge on any atom is 0.255 e. The van der Waals surface area contributed by atoms with Gasteiger partial charge in [-0.15, -0.1) is 5.10 Å². The monoisotopic (exact) mass is 511 g/mol. The number of carbonyl (C=O) groups is 1. The zero-order valence-electron chi connectivity index (χ0n) is 21.1. The van der Waals surface area contributed by atoms with E-state index >= 15 is 0 Å². The van der Waals surface area contributed by atoms with Gasteiger partial charge in [0.1, 0.15) is 11.8 Å². The van der Waals surface area contributed by atoms with Crippen LogP contribution >= 0.6 is 11.8 Å². The summed E-state index contributed by atoms with van der Waals surface area (Å²) in [7, 11) is 1.59. The Balaban J connectivity index is 1.50. The number of allylic oxidation sites excluding steroid dienone is 1. The summed E-state index contributed by atoms with van der Waals surface area (Å²) in [5.41, 5.74) is 5.32. The molecule has 2 N–H and O–H groups in total. The van der Waals surface area contributed by atoms with E-state index in [1.807, 2.05) is 54.1 Å². The van der Waals surface area contributed by atoms with Gasteiger partial charge in [-0.2, -0.15) is 4.98 Å². The number of aryl methyl sites for hydroxylation is 1. The van der Waals surface area contributed by atoms with Crippen LogP contribution in [0.5, 0.6) is 5.75 Å². The predicted molar refractivity (Wildman–Crippen MR) is 148 cm³/mol. The molecular weight excluding hydrogens is 482 g/mol. The van der Waals surface area contributed by atoms with Crippen LogP contribution in [0.4, 0.5) is 11.6 Å². The zero-order valence-corrected chi connectivity index (χ0v) is 21.9. The summed E-state index contributed by atoms with van der Waals surface area (Å²) in [5.74, 6) is 1.75. The predicted octanol–water partition coefficient (Wildman–Crippen LogP) is 6.07. The smallest absolute Gasteiger partial charge is 0.255 e. The quantitative estimate of drug-likeness (QED) is 0.280. The normalized spacial score (nSPS) is 14.6. The lowest BCUT2D eigenvalue weighted by atomic mass is 9.94. The van der Waals surface area contributed by atoms with Crippen molar-refractivity contribution in [1.82, 2.24) is 14.8 Å². The van der Waals surface area contributed by atoms with E-state index in [0.717, 1.165) is 23.4 Å². The molecule has 1 amide bonds. The molecule has 0 radical (unpaired) electrons. The van der Waals surface area contributed by atoms with Crippen molar-refractivity contribution >= 4 is 29.3 Å². The van der Waals surface area contributed by atoms with Gasteiger partial charge in [0, 0.05) is 11.4 Å². The fourth-order valence-corrected chi connectivity index (χ4v) is 5.18. The summed E-state index contributed by atoms with van der Waals surface area (Å²) in [6.45, 7) is 4.03. The first-order chi connectivity index (χ1) is 18.1. The van der Waals surface area contributed by atoms with Gasteiger partial charge in [-0.25, -0.2) is 4.68 Å². The number of aromatic nitrogens is 3. The zero-order chi connectivity index (χ0) is 25.8. The molecular formula is C29H29N5O2S. The third kappa shape index (κ3) is 5.24. The molecule has 0 saturated heterocycles. The first-order valence-corrected chi connectivity index (χ1v) is 13.2. The number of carbonyl (C=O) groups excluding carboxylic acids is 1. The fraction of sp³-hybridized carbons (Fsp3) is 0.207. The number of hydrogen-bond acceptors (Lipinski definition) is 6. The molecule has 0 bridgehead atoms. The molecule has 4 aromatic rings. The number of rotatable bonds is 8. The van der Waals surface area contributed by atoms with E-state index in [9.17, 15) is 4.79 Å². The van der Waals surface area contributed by atoms with Crippen LogP contribution in [0.25, 0.3) is 0 Å². The Morgan fingerprint density at radius 2 is 1.76 bits per heavy atom. The van der Waals surface area contributed by atoms with Crippen LogP contribution in [0.1, 0.15) is 36.6 Å². The highest BCUT2D eigenvalue weighted by molar-refractivity contribution is 7.98. The number of anilines is 2. The van der Waals surface area contributed by atoms with Crippen molar-refractivity contribution in [3.63, 3.8) is 0 Å². The molecule has 0 saturated carbocycles. The van der Waals surface area contributed by atoms with Crippen LogP contribution in [0.3, 0.4) is 0 Å². The standard InChI is InChI=1S/C29H29N5O2S/c1-4-20-14-16-22(17-15-20)26-25(27(35)31-23-12-8-9-13-24(23)36-3)19(2)30-28-32-29(33-34(26)28)37-18-21-10-6-5-7-11-21/h5-17,26H,4,18H2,1-3H3,(H,31,35)(H,30,32,33)/t26-/m0/s1. The number of methoxy groups -OCH3 is 1. The third-order valence-electron chi connectivity index (χ3n) is 6.35. The minimum absolute atomic E-state index is 0.223. The van der Waals surface area contributed by atoms with Gasteiger partial charge in [-0.05, 0) is 42.2 Å². The van der Waals surface area contributed by atoms with E-state index in [2.05, 4.69) is 54.0 Å². The largest absolute Gasteiger partial charge is 0.495 e. The fourth-order valence-electron chi connectivity index (χ4n) is 4.39. The molecule has 37 heavy (non-hydrogen) atoms. The Morgan fingerprint density at radius 3 is 2.49 bits per heavy atom. The number of amides is 1. The van der Waals surface area contributed by atoms with Crippen LogP contribution in [-0.2, 0) is 17.0 Å². The van der Waals surface area contributed by atoms with Crippen LogP contribution < -0.4 is 15.4 Å². The van der Waals surface area contributed by atoms with Gasteiger partial charge in [-0.1, -0.05) is 85.4 Å². The summed E-state index contributed by atoms with van der Waals surface area (Å²) in [5, 5.41) is 11.8. The van der Waals surface area contributed by atoms with Crippen LogP contribution in [0.15, 0.2) is 95.3 Å². The highest BCUT2D eigenvalue weighted by atomic mass is 32.2. The van der Waals surface area contributed by atoms with Crippen molar-refractivity contribution in [1.29, 1.82) is 0 Å². The molecule has 5 rings (SSSR count). The van der Waals surface area contributed by atoms with E-state index in [1.165, 1.54) is 11.1 Å². The Kier molecular flexibility index (Phi) is 7.28. The van der Waals surface area contributed by atoms with Crippen molar-refractivity contribution in [3.05, 3.63) is 107 Å². The number of fused-ring (bicyclic) bond motifs is 1. The highest BCUT2D eigenvalue weighted by Gasteiger charge is 2.34. The molecule has 0 aliphatic carbocycles. The first-order valence-electron chi connectivity index (χ1n) is 12.2. The average molecular weight is 512 g/mol. The van der Waals surface area contributed by atoms with Crippen LogP contribution in [0, 0.1) is 0 Å². The van der Waals surface area contributed by atoms with Crippen LogP contribution in [-0.4, -0.2) is 27.8 Å². The second kappa shape index (κ2) is 10.9. The first kappa shape index (κ1) is 24.6. The molecule has 1 aliphatic heterocycles. The maximum absolute atomic E-state index is 13.7. The summed E-state index contributed by atoms with van der Waals surface area (Å²) < 4.78 is 7.26. The van der Waals surface area contributed by atoms with Gasteiger partial charge in [-0.3, -0.25) is 4.79 Å². The van der Waals surface area contributed by atoms with Crippen LogP contribution in [0.2, 0.25) is 0 Å². The second-order valence-corrected chi connectivity index (χ2v) is 9.70. The second-order valence-electron chi connectivity index (χ2n) is 8.75. The highest BCUT2D eigenvalue weighted by Crippen LogP contribution is 2.37. The van der Waals surface area contributed by atoms with E-state index in [0.29, 0.717) is 28.1 Å². The van der Waals surface area contributed by atoms with Gasteiger partial charge in [0.15, 0.2) is 0 Å². The van der Waals surface area contributed by atoms with E-state index < -0.39 is 6.04 Å². The summed E-state index contributed by atoms with van der Waals surface area (Å²) in [4.78, 5) is 18.5. The molecule has 1 aliphatic rings. The third-order valence-corrected chi connectivity index (χ3v) is 7.26. The number of benzene rings is 3. The molecule has 1 aromatic heterocycles. The number of para-hydroxylation sites is 2. The average Bonchev–Trinajstić information content (AvgIpc) is 3.34. The van der Waals surface area contributed by atoms with Crippen molar-refractivity contribution < 1.29 is 9.53 Å². The Bertz CT molecular complexity index is 1430. The lowest BCUT2D eigenvalue weighted by Crippen LogP contribution is -2.31. The van der Waals surface area contributed by atoms with Gasteiger partial charge in [0.2, 0.25) is 11.1 Å². The molecule has 7 nitrogen and oxygen atoms in total. The minimum atomic E-state index is -0.435. The number of hydrogen-bond donors (Lipinski definition) is 2. The molecule has 1 atom stereocenters. The molecule has 3 aromatic carbocycles. The number of nitrogens with zero attached hydrogens (tertiary/aromatic N) is 3. The molecule has 8 heteroatoms. The minimum Gasteiger partial charge on any atom is -0.495 e. The van der Waals surface area contributed by atoms with E-state index in [1.54, 1.807) is 18.9 Å². The maximum atomic E-state index is 13.7. The summed E-state index contributed by atoms with van der Waals surface area (Å²) >= 11 is 1.57. The molecule has 0 fully saturated rings. The van der Waals surface area contributed by atoms with Crippen molar-refractivity contribution in [2.45, 2.75) is 37.2 Å². The lowest BCUT2D eigenvalue weighted by Gasteiger charge is -2.29. The Morgan fingerprint density at radius 1 is 1.03 bits per heavy atom. The van der Waals surface area contributed by atoms with E-state index in [-0.39, 0.29) is 5.91 Å². The number of nitrogens with one attached hydrogen (secondary N) is 2. The molecule has 188 valence electrons. The van der Waals surface area contributed by atoms with Crippen molar-refractivity contribution in [2.24, 2.45) is 0 Å². The van der Waals surface area contributed by atoms with Crippen molar-refractivity contribution in [3.8, 4) is 5.75 Å². The molecule has 0 spiro atoms. The topological polar surface area (TPSA) is 81.1 Å². The lowest BCUT2D eigenvalue weighted by molar-refractivity contribution is -0.113.